The number of hydrogen-bond acceptors (Lipinski definition) is 5. The number of thiazole rings is 1. The van der Waals surface area contributed by atoms with Crippen molar-refractivity contribution in [3.63, 3.8) is 0 Å². The molecule has 0 aliphatic carbocycles. The first kappa shape index (κ1) is 15.2. The maximum Gasteiger partial charge on any atom is 0.263 e. The van der Waals surface area contributed by atoms with Crippen molar-refractivity contribution < 1.29 is 4.79 Å². The summed E-state index contributed by atoms with van der Waals surface area (Å²) in [5, 5.41) is 6.79. The average Bonchev–Trinajstić information content (AvgIpc) is 2.77. The number of rotatable bonds is 4. The molecule has 1 aromatic heterocycles. The van der Waals surface area contributed by atoms with Crippen LogP contribution in [0.1, 0.15) is 35.4 Å². The Morgan fingerprint density at radius 1 is 1.61 bits per heavy atom. The number of hydrogen-bond donors (Lipinski definition) is 3. The third-order valence-corrected chi connectivity index (χ3v) is 3.76. The largest absolute Gasteiger partial charge is 0.375 e. The number of nitrogens with two attached hydrogens (primary N) is 1. The van der Waals surface area contributed by atoms with E-state index in [1.807, 2.05) is 0 Å². The number of amides is 1. The highest BCUT2D eigenvalue weighted by molar-refractivity contribution is 7.17. The van der Waals surface area contributed by atoms with E-state index in [-0.39, 0.29) is 18.3 Å². The highest BCUT2D eigenvalue weighted by Gasteiger charge is 2.13. The zero-order chi connectivity index (χ0) is 12.1. The number of anilines is 1. The van der Waals surface area contributed by atoms with Crippen LogP contribution in [0.2, 0.25) is 0 Å². The molecule has 1 aliphatic heterocycles. The molecule has 1 amide bonds. The lowest BCUT2D eigenvalue weighted by molar-refractivity contribution is 0.0955. The molecule has 5 nitrogen and oxygen atoms in total. The van der Waals surface area contributed by atoms with Gasteiger partial charge >= 0.3 is 0 Å². The van der Waals surface area contributed by atoms with Gasteiger partial charge in [0.2, 0.25) is 0 Å². The van der Waals surface area contributed by atoms with Gasteiger partial charge in [0.25, 0.3) is 5.91 Å². The number of carbonyl (C=O) groups is 1. The molecule has 2 heterocycles. The summed E-state index contributed by atoms with van der Waals surface area (Å²) >= 11 is 1.22. The van der Waals surface area contributed by atoms with Crippen LogP contribution < -0.4 is 16.4 Å². The second-order valence-electron chi connectivity index (χ2n) is 4.25. The first-order chi connectivity index (χ1) is 8.25. The van der Waals surface area contributed by atoms with Crippen molar-refractivity contribution in [1.29, 1.82) is 0 Å². The van der Waals surface area contributed by atoms with Crippen molar-refractivity contribution in [1.82, 2.24) is 15.6 Å². The van der Waals surface area contributed by atoms with Crippen LogP contribution in [0.3, 0.4) is 0 Å². The zero-order valence-corrected chi connectivity index (χ0v) is 11.8. The maximum absolute atomic E-state index is 11.7. The minimum Gasteiger partial charge on any atom is -0.375 e. The smallest absolute Gasteiger partial charge is 0.263 e. The Morgan fingerprint density at radius 3 is 3.06 bits per heavy atom. The van der Waals surface area contributed by atoms with Crippen molar-refractivity contribution in [2.24, 2.45) is 0 Å². The maximum atomic E-state index is 11.7. The topological polar surface area (TPSA) is 80.0 Å². The van der Waals surface area contributed by atoms with Crippen molar-refractivity contribution in [2.45, 2.75) is 31.7 Å². The summed E-state index contributed by atoms with van der Waals surface area (Å²) in [4.78, 5) is 16.1. The van der Waals surface area contributed by atoms with Crippen LogP contribution in [-0.4, -0.2) is 30.0 Å². The summed E-state index contributed by atoms with van der Waals surface area (Å²) in [6.07, 6.45) is 6.28. The van der Waals surface area contributed by atoms with Crippen LogP contribution >= 0.6 is 23.7 Å². The highest BCUT2D eigenvalue weighted by Crippen LogP contribution is 2.14. The molecule has 7 heteroatoms. The summed E-state index contributed by atoms with van der Waals surface area (Å²) in [7, 11) is 0. The van der Waals surface area contributed by atoms with E-state index in [4.69, 9.17) is 5.73 Å². The Labute approximate surface area is 117 Å². The molecular formula is C11H19ClN4OS. The van der Waals surface area contributed by atoms with Crippen LogP contribution in [0.5, 0.6) is 0 Å². The summed E-state index contributed by atoms with van der Waals surface area (Å²) in [6.45, 7) is 1.80. The number of nitrogens with zero attached hydrogens (tertiary/aromatic N) is 1. The Balaban J connectivity index is 0.00000162. The fourth-order valence-electron chi connectivity index (χ4n) is 2.01. The Bertz CT molecular complexity index is 379. The standard InChI is InChI=1S/C11H18N4OS.ClH/c12-11-15-7-9(17-11)10(16)14-6-4-8-3-1-2-5-13-8;/h7-8,13H,1-6H2,(H2,12,15)(H,14,16);1H. The predicted molar refractivity (Wildman–Crippen MR) is 76.4 cm³/mol. The molecule has 0 radical (unpaired) electrons. The van der Waals surface area contributed by atoms with E-state index in [1.54, 1.807) is 0 Å². The fourth-order valence-corrected chi connectivity index (χ4v) is 2.61. The number of piperidine rings is 1. The van der Waals surface area contributed by atoms with E-state index >= 15 is 0 Å². The van der Waals surface area contributed by atoms with Gasteiger partial charge in [0.15, 0.2) is 5.13 Å². The Morgan fingerprint density at radius 2 is 2.44 bits per heavy atom. The van der Waals surface area contributed by atoms with Crippen molar-refractivity contribution in [3.8, 4) is 0 Å². The predicted octanol–water partition coefficient (Wildman–Crippen LogP) is 1.41. The molecule has 0 spiro atoms. The summed E-state index contributed by atoms with van der Waals surface area (Å²) < 4.78 is 0. The molecule has 18 heavy (non-hydrogen) atoms. The highest BCUT2D eigenvalue weighted by atomic mass is 35.5. The SMILES string of the molecule is Cl.Nc1ncc(C(=O)NCCC2CCCCN2)s1. The van der Waals surface area contributed by atoms with Gasteiger partial charge in [-0.15, -0.1) is 12.4 Å². The fraction of sp³-hybridized carbons (Fsp3) is 0.636. The molecule has 1 fully saturated rings. The average molecular weight is 291 g/mol. The van der Waals surface area contributed by atoms with Gasteiger partial charge in [-0.1, -0.05) is 17.8 Å². The van der Waals surface area contributed by atoms with Crippen LogP contribution in [0.15, 0.2) is 6.20 Å². The molecule has 0 saturated carbocycles. The molecule has 1 saturated heterocycles. The van der Waals surface area contributed by atoms with Crippen LogP contribution in [0.25, 0.3) is 0 Å². The minimum atomic E-state index is -0.0741. The number of carbonyl (C=O) groups excluding carboxylic acids is 1. The Hall–Kier alpha value is -0.850. The third kappa shape index (κ3) is 4.44. The monoisotopic (exact) mass is 290 g/mol. The van der Waals surface area contributed by atoms with Gasteiger partial charge in [-0.05, 0) is 25.8 Å². The normalized spacial score (nSPS) is 19.0. The minimum absolute atomic E-state index is 0. The van der Waals surface area contributed by atoms with Crippen molar-refractivity contribution in [2.75, 3.05) is 18.8 Å². The third-order valence-electron chi connectivity index (χ3n) is 2.94. The first-order valence-electron chi connectivity index (χ1n) is 5.98. The lowest BCUT2D eigenvalue weighted by Crippen LogP contribution is -2.37. The van der Waals surface area contributed by atoms with Gasteiger partial charge in [0, 0.05) is 12.6 Å². The van der Waals surface area contributed by atoms with E-state index in [9.17, 15) is 4.79 Å². The van der Waals surface area contributed by atoms with E-state index in [1.165, 1.54) is 36.8 Å². The summed E-state index contributed by atoms with van der Waals surface area (Å²) in [5.74, 6) is -0.0741. The van der Waals surface area contributed by atoms with Crippen molar-refractivity contribution in [3.05, 3.63) is 11.1 Å². The van der Waals surface area contributed by atoms with E-state index in [2.05, 4.69) is 15.6 Å². The van der Waals surface area contributed by atoms with Gasteiger partial charge in [0.1, 0.15) is 4.88 Å². The lowest BCUT2D eigenvalue weighted by Gasteiger charge is -2.23. The van der Waals surface area contributed by atoms with Crippen LogP contribution in [0, 0.1) is 0 Å². The van der Waals surface area contributed by atoms with Crippen molar-refractivity contribution >= 4 is 34.8 Å². The van der Waals surface area contributed by atoms with E-state index < -0.39 is 0 Å². The van der Waals surface area contributed by atoms with E-state index in [0.29, 0.717) is 22.6 Å². The number of halogens is 1. The molecule has 4 N–H and O–H groups in total. The Kier molecular flexibility index (Phi) is 6.38. The number of nitrogens with one attached hydrogen (secondary N) is 2. The van der Waals surface area contributed by atoms with Gasteiger partial charge < -0.3 is 16.4 Å². The summed E-state index contributed by atoms with van der Waals surface area (Å²) in [5.41, 5.74) is 5.48. The second-order valence-corrected chi connectivity index (χ2v) is 5.32. The van der Waals surface area contributed by atoms with Gasteiger partial charge in [-0.25, -0.2) is 4.98 Å². The molecule has 1 atom stereocenters. The number of aromatic nitrogens is 1. The molecule has 102 valence electrons. The van der Waals surface area contributed by atoms with Gasteiger partial charge in [-0.2, -0.15) is 0 Å². The van der Waals surface area contributed by atoms with Gasteiger partial charge in [-0.3, -0.25) is 4.79 Å². The quantitative estimate of drug-likeness (QED) is 0.783. The molecule has 1 aromatic rings. The van der Waals surface area contributed by atoms with E-state index in [0.717, 1.165) is 13.0 Å². The molecule has 1 aliphatic rings. The second kappa shape index (κ2) is 7.56. The molecule has 0 aromatic carbocycles. The zero-order valence-electron chi connectivity index (χ0n) is 10.1. The lowest BCUT2D eigenvalue weighted by atomic mass is 10.0. The molecule has 2 rings (SSSR count). The van der Waals surface area contributed by atoms with Crippen LogP contribution in [0.4, 0.5) is 5.13 Å². The molecule has 1 unspecified atom stereocenters. The number of nitrogen functional groups attached to an aromatic ring is 1. The summed E-state index contributed by atoms with van der Waals surface area (Å²) in [6, 6.07) is 0.551. The first-order valence-corrected chi connectivity index (χ1v) is 6.80. The van der Waals surface area contributed by atoms with Gasteiger partial charge in [0.05, 0.1) is 6.20 Å². The molecular weight excluding hydrogens is 272 g/mol. The van der Waals surface area contributed by atoms with Crippen LogP contribution in [-0.2, 0) is 0 Å². The molecule has 0 bridgehead atoms.